The molecule has 0 spiro atoms. The number of amides is 2. The van der Waals surface area contributed by atoms with Gasteiger partial charge in [0, 0.05) is 18.8 Å². The van der Waals surface area contributed by atoms with Crippen molar-refractivity contribution in [2.75, 3.05) is 17.7 Å². The molecular formula is C12H15N5O2S2. The van der Waals surface area contributed by atoms with Crippen LogP contribution in [0, 0.1) is 17.8 Å². The molecule has 0 saturated heterocycles. The summed E-state index contributed by atoms with van der Waals surface area (Å²) in [5.41, 5.74) is 1.59. The van der Waals surface area contributed by atoms with Crippen molar-refractivity contribution in [1.29, 1.82) is 0 Å². The van der Waals surface area contributed by atoms with E-state index in [9.17, 15) is 4.79 Å². The van der Waals surface area contributed by atoms with Gasteiger partial charge in [-0.3, -0.25) is 10.6 Å². The van der Waals surface area contributed by atoms with Crippen LogP contribution in [0.1, 0.15) is 11.4 Å². The summed E-state index contributed by atoms with van der Waals surface area (Å²) in [6.07, 6.45) is 0. The molecule has 0 saturated carbocycles. The molecule has 0 fully saturated rings. The summed E-state index contributed by atoms with van der Waals surface area (Å²) in [5, 5.41) is 6.00. The van der Waals surface area contributed by atoms with Crippen LogP contribution in [-0.4, -0.2) is 27.7 Å². The number of carbonyl (C=O) groups is 1. The molecule has 2 amide bonds. The van der Waals surface area contributed by atoms with Gasteiger partial charge in [0.15, 0.2) is 3.95 Å². The van der Waals surface area contributed by atoms with Gasteiger partial charge in [0.1, 0.15) is 5.00 Å². The summed E-state index contributed by atoms with van der Waals surface area (Å²) < 4.78 is 7.56. The Labute approximate surface area is 131 Å². The summed E-state index contributed by atoms with van der Waals surface area (Å²) in [4.78, 5) is 20.2. The second-order valence-electron chi connectivity index (χ2n) is 4.30. The zero-order valence-electron chi connectivity index (χ0n) is 12.1. The minimum Gasteiger partial charge on any atom is -0.481 e. The minimum atomic E-state index is -0.428. The molecule has 0 atom stereocenters. The maximum atomic E-state index is 12.0. The number of rotatable bonds is 3. The molecular weight excluding hydrogens is 310 g/mol. The fourth-order valence-electron chi connectivity index (χ4n) is 1.57. The normalized spacial score (nSPS) is 10.3. The SMILES string of the molecule is COc1cc(C)nc(NC(=O)Nc2sc(=S)n(C)c2C)n1. The molecule has 2 aromatic heterocycles. The highest BCUT2D eigenvalue weighted by atomic mass is 32.1. The highest BCUT2D eigenvalue weighted by molar-refractivity contribution is 7.73. The molecule has 2 N–H and O–H groups in total. The number of methoxy groups -OCH3 is 1. The predicted molar refractivity (Wildman–Crippen MR) is 84.8 cm³/mol. The van der Waals surface area contributed by atoms with E-state index >= 15 is 0 Å². The Morgan fingerprint density at radius 1 is 1.38 bits per heavy atom. The number of ether oxygens (including phenoxy) is 1. The number of thiazole rings is 1. The molecule has 0 aromatic carbocycles. The third-order valence-electron chi connectivity index (χ3n) is 2.79. The first kappa shape index (κ1) is 15.4. The molecule has 0 unspecified atom stereocenters. The highest BCUT2D eigenvalue weighted by Gasteiger charge is 2.11. The monoisotopic (exact) mass is 325 g/mol. The lowest BCUT2D eigenvalue weighted by Crippen LogP contribution is -2.21. The van der Waals surface area contributed by atoms with Gasteiger partial charge < -0.3 is 9.30 Å². The van der Waals surface area contributed by atoms with Crippen LogP contribution < -0.4 is 15.4 Å². The van der Waals surface area contributed by atoms with Gasteiger partial charge in [0.25, 0.3) is 0 Å². The molecule has 0 aliphatic rings. The van der Waals surface area contributed by atoms with Crippen LogP contribution in [0.4, 0.5) is 15.7 Å². The first-order chi connectivity index (χ1) is 9.90. The van der Waals surface area contributed by atoms with E-state index in [-0.39, 0.29) is 5.95 Å². The van der Waals surface area contributed by atoms with Gasteiger partial charge in [-0.25, -0.2) is 9.78 Å². The number of hydrogen-bond donors (Lipinski definition) is 2. The van der Waals surface area contributed by atoms with Crippen molar-refractivity contribution in [3.63, 3.8) is 0 Å². The molecule has 2 rings (SSSR count). The predicted octanol–water partition coefficient (Wildman–Crippen LogP) is 2.88. The van der Waals surface area contributed by atoms with Crippen molar-refractivity contribution in [2.45, 2.75) is 13.8 Å². The lowest BCUT2D eigenvalue weighted by atomic mass is 10.4. The minimum absolute atomic E-state index is 0.182. The van der Waals surface area contributed by atoms with E-state index in [1.54, 1.807) is 13.0 Å². The van der Waals surface area contributed by atoms with E-state index in [4.69, 9.17) is 17.0 Å². The molecule has 21 heavy (non-hydrogen) atoms. The van der Waals surface area contributed by atoms with Gasteiger partial charge in [-0.15, -0.1) is 0 Å². The number of urea groups is 1. The van der Waals surface area contributed by atoms with Crippen LogP contribution in [-0.2, 0) is 7.05 Å². The van der Waals surface area contributed by atoms with Crippen molar-refractivity contribution in [3.8, 4) is 5.88 Å². The van der Waals surface area contributed by atoms with Gasteiger partial charge in [-0.05, 0) is 26.1 Å². The Balaban J connectivity index is 2.13. The lowest BCUT2D eigenvalue weighted by molar-refractivity contribution is 0.262. The number of aryl methyl sites for hydroxylation is 1. The quantitative estimate of drug-likeness (QED) is 0.848. The average Bonchev–Trinajstić information content (AvgIpc) is 2.65. The summed E-state index contributed by atoms with van der Waals surface area (Å²) in [6, 6.07) is 1.25. The summed E-state index contributed by atoms with van der Waals surface area (Å²) in [7, 11) is 3.36. The zero-order chi connectivity index (χ0) is 15.6. The van der Waals surface area contributed by atoms with Crippen LogP contribution in [0.15, 0.2) is 6.07 Å². The number of carbonyl (C=O) groups excluding carboxylic acids is 1. The molecule has 7 nitrogen and oxygen atoms in total. The van der Waals surface area contributed by atoms with Crippen molar-refractivity contribution in [2.24, 2.45) is 7.05 Å². The van der Waals surface area contributed by atoms with Gasteiger partial charge >= 0.3 is 6.03 Å². The molecule has 0 radical (unpaired) electrons. The maximum Gasteiger partial charge on any atom is 0.326 e. The molecule has 9 heteroatoms. The molecule has 2 heterocycles. The number of anilines is 2. The Bertz CT molecular complexity index is 738. The fourth-order valence-corrected chi connectivity index (χ4v) is 2.83. The molecule has 0 aliphatic heterocycles. The first-order valence-corrected chi connectivity index (χ1v) is 7.27. The highest BCUT2D eigenvalue weighted by Crippen LogP contribution is 2.23. The van der Waals surface area contributed by atoms with Crippen LogP contribution in [0.3, 0.4) is 0 Å². The Morgan fingerprint density at radius 3 is 2.67 bits per heavy atom. The number of nitrogens with one attached hydrogen (secondary N) is 2. The Hall–Kier alpha value is -2.00. The van der Waals surface area contributed by atoms with Gasteiger partial charge in [0.05, 0.1) is 12.8 Å². The van der Waals surface area contributed by atoms with Crippen LogP contribution >= 0.6 is 23.6 Å². The topological polar surface area (TPSA) is 81.1 Å². The summed E-state index contributed by atoms with van der Waals surface area (Å²) in [6.45, 7) is 3.67. The standard InChI is InChI=1S/C12H15N5O2S2/c1-6-5-8(19-4)14-10(13-6)16-11(18)15-9-7(2)17(3)12(20)21-9/h5H,1-4H3,(H2,13,14,15,16,18). The molecule has 112 valence electrons. The summed E-state index contributed by atoms with van der Waals surface area (Å²) in [5.74, 6) is 0.575. The van der Waals surface area contributed by atoms with Gasteiger partial charge in [-0.2, -0.15) is 4.98 Å². The maximum absolute atomic E-state index is 12.0. The van der Waals surface area contributed by atoms with E-state index in [0.717, 1.165) is 5.69 Å². The van der Waals surface area contributed by atoms with Crippen molar-refractivity contribution < 1.29 is 9.53 Å². The average molecular weight is 325 g/mol. The first-order valence-electron chi connectivity index (χ1n) is 6.05. The van der Waals surface area contributed by atoms with Crippen LogP contribution in [0.25, 0.3) is 0 Å². The van der Waals surface area contributed by atoms with E-state index in [2.05, 4.69) is 20.6 Å². The second kappa shape index (κ2) is 6.19. The zero-order valence-corrected chi connectivity index (χ0v) is 13.7. The van der Waals surface area contributed by atoms with E-state index in [1.807, 2.05) is 18.5 Å². The molecule has 0 aliphatic carbocycles. The van der Waals surface area contributed by atoms with E-state index in [1.165, 1.54) is 18.4 Å². The Morgan fingerprint density at radius 2 is 2.10 bits per heavy atom. The molecule has 2 aromatic rings. The van der Waals surface area contributed by atoms with Crippen molar-refractivity contribution in [1.82, 2.24) is 14.5 Å². The van der Waals surface area contributed by atoms with Gasteiger partial charge in [-0.1, -0.05) is 11.3 Å². The van der Waals surface area contributed by atoms with E-state index < -0.39 is 6.03 Å². The third-order valence-corrected chi connectivity index (χ3v) is 4.36. The van der Waals surface area contributed by atoms with Crippen molar-refractivity contribution in [3.05, 3.63) is 21.4 Å². The second-order valence-corrected chi connectivity index (χ2v) is 5.94. The number of hydrogen-bond acceptors (Lipinski definition) is 6. The van der Waals surface area contributed by atoms with Crippen molar-refractivity contribution >= 4 is 40.5 Å². The lowest BCUT2D eigenvalue weighted by Gasteiger charge is -2.07. The third kappa shape index (κ3) is 3.56. The van der Waals surface area contributed by atoms with E-state index in [0.29, 0.717) is 20.5 Å². The fraction of sp³-hybridized carbons (Fsp3) is 0.333. The summed E-state index contributed by atoms with van der Waals surface area (Å²) >= 11 is 6.49. The van der Waals surface area contributed by atoms with Crippen LogP contribution in [0.5, 0.6) is 5.88 Å². The van der Waals surface area contributed by atoms with Gasteiger partial charge in [0.2, 0.25) is 11.8 Å². The Kier molecular flexibility index (Phi) is 4.53. The smallest absolute Gasteiger partial charge is 0.326 e. The number of nitrogens with zero attached hydrogens (tertiary/aromatic N) is 3. The molecule has 0 bridgehead atoms. The van der Waals surface area contributed by atoms with Crippen LogP contribution in [0.2, 0.25) is 0 Å². The largest absolute Gasteiger partial charge is 0.481 e. The number of aromatic nitrogens is 3.